The minimum absolute atomic E-state index is 0.467. The maximum atomic E-state index is 10.1. The van der Waals surface area contributed by atoms with Gasteiger partial charge < -0.3 is 9.13 Å². The van der Waals surface area contributed by atoms with Gasteiger partial charge in [-0.1, -0.05) is 78.9 Å². The quantitative estimate of drug-likeness (QED) is 0.227. The maximum absolute atomic E-state index is 10.1. The summed E-state index contributed by atoms with van der Waals surface area (Å²) in [6, 6.07) is 50.3. The molecule has 8 rings (SSSR count). The van der Waals surface area contributed by atoms with Crippen molar-refractivity contribution in [2.24, 2.45) is 0 Å². The molecule has 8 aromatic rings. The van der Waals surface area contributed by atoms with Crippen molar-refractivity contribution in [3.63, 3.8) is 0 Å². The summed E-state index contributed by atoms with van der Waals surface area (Å²) >= 11 is 0. The second kappa shape index (κ2) is 9.24. The van der Waals surface area contributed by atoms with Crippen LogP contribution < -0.4 is 0 Å². The standard InChI is InChI=1S/C38H22N4/c39-23-25-14-19-34(28(20-25)24-40)42-36-13-7-5-11-31(36)33-21-32-30-10-4-6-12-35(30)41(37(32)22-38(33)42)29-17-15-27(16-18-29)26-8-2-1-3-9-26/h1-22H. The second-order valence-electron chi connectivity index (χ2n) is 10.5. The molecule has 0 bridgehead atoms. The first-order chi connectivity index (χ1) is 20.7. The van der Waals surface area contributed by atoms with Crippen LogP contribution in [-0.2, 0) is 0 Å². The van der Waals surface area contributed by atoms with E-state index in [2.05, 4.69) is 124 Å². The van der Waals surface area contributed by atoms with Gasteiger partial charge in [0, 0.05) is 27.2 Å². The van der Waals surface area contributed by atoms with E-state index in [4.69, 9.17) is 0 Å². The molecule has 0 radical (unpaired) electrons. The lowest BCUT2D eigenvalue weighted by Gasteiger charge is -2.12. The molecule has 0 unspecified atom stereocenters. The molecular formula is C38H22N4. The van der Waals surface area contributed by atoms with Gasteiger partial charge in [-0.3, -0.25) is 0 Å². The van der Waals surface area contributed by atoms with Crippen molar-refractivity contribution in [1.29, 1.82) is 10.5 Å². The van der Waals surface area contributed by atoms with Crippen LogP contribution in [0, 0.1) is 22.7 Å². The van der Waals surface area contributed by atoms with Crippen LogP contribution in [0.5, 0.6) is 0 Å². The zero-order valence-corrected chi connectivity index (χ0v) is 22.5. The molecule has 0 saturated carbocycles. The molecule has 42 heavy (non-hydrogen) atoms. The summed E-state index contributed by atoms with van der Waals surface area (Å²) in [6.07, 6.45) is 0. The fourth-order valence-corrected chi connectivity index (χ4v) is 6.29. The number of rotatable bonds is 3. The first kappa shape index (κ1) is 23.8. The Morgan fingerprint density at radius 1 is 0.429 bits per heavy atom. The Labute approximate surface area is 242 Å². The molecule has 6 aromatic carbocycles. The molecule has 4 heteroatoms. The molecule has 2 heterocycles. The van der Waals surface area contributed by atoms with Gasteiger partial charge in [-0.2, -0.15) is 10.5 Å². The Morgan fingerprint density at radius 2 is 1.02 bits per heavy atom. The zero-order chi connectivity index (χ0) is 28.2. The third kappa shape index (κ3) is 3.47. The number of nitriles is 2. The summed E-state index contributed by atoms with van der Waals surface area (Å²) in [5, 5.41) is 24.1. The first-order valence-corrected chi connectivity index (χ1v) is 13.8. The van der Waals surface area contributed by atoms with Crippen LogP contribution in [0.1, 0.15) is 11.1 Å². The summed E-state index contributed by atoms with van der Waals surface area (Å²) in [5.41, 5.74) is 9.40. The normalized spacial score (nSPS) is 11.3. The van der Waals surface area contributed by atoms with Gasteiger partial charge in [0.05, 0.1) is 45.0 Å². The van der Waals surface area contributed by atoms with E-state index >= 15 is 0 Å². The van der Waals surface area contributed by atoms with E-state index < -0.39 is 0 Å². The van der Waals surface area contributed by atoms with Crippen molar-refractivity contribution in [1.82, 2.24) is 9.13 Å². The minimum atomic E-state index is 0.467. The van der Waals surface area contributed by atoms with E-state index in [0.29, 0.717) is 11.1 Å². The number of benzene rings is 6. The molecule has 0 aliphatic heterocycles. The fraction of sp³-hybridized carbons (Fsp3) is 0. The molecule has 0 amide bonds. The van der Waals surface area contributed by atoms with E-state index in [1.165, 1.54) is 21.9 Å². The second-order valence-corrected chi connectivity index (χ2v) is 10.5. The summed E-state index contributed by atoms with van der Waals surface area (Å²) in [5.74, 6) is 0. The fourth-order valence-electron chi connectivity index (χ4n) is 6.29. The molecule has 0 spiro atoms. The van der Waals surface area contributed by atoms with Crippen LogP contribution in [0.15, 0.2) is 133 Å². The highest BCUT2D eigenvalue weighted by Crippen LogP contribution is 2.40. The minimum Gasteiger partial charge on any atom is -0.309 e. The van der Waals surface area contributed by atoms with E-state index in [-0.39, 0.29) is 0 Å². The summed E-state index contributed by atoms with van der Waals surface area (Å²) in [6.45, 7) is 0. The van der Waals surface area contributed by atoms with E-state index in [1.54, 1.807) is 12.1 Å². The summed E-state index contributed by atoms with van der Waals surface area (Å²) in [7, 11) is 0. The number of hydrogen-bond acceptors (Lipinski definition) is 2. The van der Waals surface area contributed by atoms with Crippen molar-refractivity contribution in [3.05, 3.63) is 145 Å². The molecule has 2 aromatic heterocycles. The predicted molar refractivity (Wildman–Crippen MR) is 170 cm³/mol. The lowest BCUT2D eigenvalue weighted by Crippen LogP contribution is -1.99. The van der Waals surface area contributed by atoms with Crippen LogP contribution in [0.25, 0.3) is 66.1 Å². The average molecular weight is 535 g/mol. The molecule has 0 aliphatic rings. The Bertz CT molecular complexity index is 2410. The Hall–Kier alpha value is -6.10. The Kier molecular flexibility index (Phi) is 5.22. The highest BCUT2D eigenvalue weighted by Gasteiger charge is 2.19. The van der Waals surface area contributed by atoms with Crippen LogP contribution in [0.3, 0.4) is 0 Å². The number of fused-ring (bicyclic) bond motifs is 6. The van der Waals surface area contributed by atoms with Crippen LogP contribution in [0.4, 0.5) is 0 Å². The largest absolute Gasteiger partial charge is 0.309 e. The Morgan fingerprint density at radius 3 is 1.69 bits per heavy atom. The van der Waals surface area contributed by atoms with Gasteiger partial charge in [0.1, 0.15) is 6.07 Å². The molecule has 194 valence electrons. The smallest absolute Gasteiger partial charge is 0.101 e. The monoisotopic (exact) mass is 534 g/mol. The summed E-state index contributed by atoms with van der Waals surface area (Å²) < 4.78 is 4.48. The molecule has 0 aliphatic carbocycles. The number of para-hydroxylation sites is 2. The van der Waals surface area contributed by atoms with Crippen molar-refractivity contribution < 1.29 is 0 Å². The van der Waals surface area contributed by atoms with Crippen molar-refractivity contribution in [3.8, 4) is 34.6 Å². The van der Waals surface area contributed by atoms with Gasteiger partial charge >= 0.3 is 0 Å². The van der Waals surface area contributed by atoms with Crippen molar-refractivity contribution in [2.45, 2.75) is 0 Å². The van der Waals surface area contributed by atoms with Crippen LogP contribution in [-0.4, -0.2) is 9.13 Å². The SMILES string of the molecule is N#Cc1ccc(-n2c3ccccc3c3cc4c5ccccc5n(-c5ccc(-c6ccccc6)cc5)c4cc32)c(C#N)c1. The highest BCUT2D eigenvalue weighted by atomic mass is 15.0. The van der Waals surface area contributed by atoms with Gasteiger partial charge in [-0.05, 0) is 65.7 Å². The predicted octanol–water partition coefficient (Wildman–Crippen LogP) is 9.29. The van der Waals surface area contributed by atoms with Gasteiger partial charge in [0.25, 0.3) is 0 Å². The van der Waals surface area contributed by atoms with Gasteiger partial charge in [0.15, 0.2) is 0 Å². The molecule has 4 nitrogen and oxygen atoms in total. The zero-order valence-electron chi connectivity index (χ0n) is 22.5. The van der Waals surface area contributed by atoms with Gasteiger partial charge in [0.2, 0.25) is 0 Å². The first-order valence-electron chi connectivity index (χ1n) is 13.8. The molecule has 0 fully saturated rings. The molecule has 0 N–H and O–H groups in total. The number of nitrogens with zero attached hydrogens (tertiary/aromatic N) is 4. The average Bonchev–Trinajstić information content (AvgIpc) is 3.56. The molecule has 0 saturated heterocycles. The van der Waals surface area contributed by atoms with E-state index in [0.717, 1.165) is 44.2 Å². The number of hydrogen-bond donors (Lipinski definition) is 0. The Balaban J connectivity index is 1.45. The maximum Gasteiger partial charge on any atom is 0.101 e. The number of aromatic nitrogens is 2. The lowest BCUT2D eigenvalue weighted by atomic mass is 10.1. The lowest BCUT2D eigenvalue weighted by molar-refractivity contribution is 1.16. The van der Waals surface area contributed by atoms with Crippen molar-refractivity contribution >= 4 is 43.6 Å². The van der Waals surface area contributed by atoms with Crippen LogP contribution >= 0.6 is 0 Å². The third-order valence-electron chi connectivity index (χ3n) is 8.19. The van der Waals surface area contributed by atoms with Crippen molar-refractivity contribution in [2.75, 3.05) is 0 Å². The molecular weight excluding hydrogens is 512 g/mol. The third-order valence-corrected chi connectivity index (χ3v) is 8.19. The topological polar surface area (TPSA) is 57.4 Å². The van der Waals surface area contributed by atoms with Gasteiger partial charge in [-0.15, -0.1) is 0 Å². The highest BCUT2D eigenvalue weighted by molar-refractivity contribution is 6.19. The van der Waals surface area contributed by atoms with E-state index in [1.807, 2.05) is 18.2 Å². The van der Waals surface area contributed by atoms with E-state index in [9.17, 15) is 10.5 Å². The van der Waals surface area contributed by atoms with Crippen LogP contribution in [0.2, 0.25) is 0 Å². The summed E-state index contributed by atoms with van der Waals surface area (Å²) in [4.78, 5) is 0. The van der Waals surface area contributed by atoms with Gasteiger partial charge in [-0.25, -0.2) is 0 Å². The molecule has 0 atom stereocenters.